The van der Waals surface area contributed by atoms with Crippen LogP contribution in [0.1, 0.15) is 18.6 Å². The summed E-state index contributed by atoms with van der Waals surface area (Å²) in [7, 11) is 0. The average molecular weight is 263 g/mol. The summed E-state index contributed by atoms with van der Waals surface area (Å²) in [6.07, 6.45) is 5.19. The minimum Gasteiger partial charge on any atom is -0.441 e. The van der Waals surface area contributed by atoms with Gasteiger partial charge in [-0.1, -0.05) is 17.7 Å². The van der Waals surface area contributed by atoms with Gasteiger partial charge in [0.05, 0.1) is 6.20 Å². The summed E-state index contributed by atoms with van der Waals surface area (Å²) in [5, 5.41) is 4.15. The summed E-state index contributed by atoms with van der Waals surface area (Å²) in [5.41, 5.74) is 0.924. The maximum atomic E-state index is 5.96. The highest BCUT2D eigenvalue weighted by atomic mass is 35.5. The molecule has 1 saturated heterocycles. The van der Waals surface area contributed by atoms with E-state index in [9.17, 15) is 0 Å². The largest absolute Gasteiger partial charge is 0.441 e. The van der Waals surface area contributed by atoms with E-state index in [2.05, 4.69) is 10.3 Å². The molecule has 0 spiro atoms. The first-order valence-corrected chi connectivity index (χ1v) is 6.63. The fraction of sp³-hybridized carbons (Fsp3) is 0.357. The zero-order chi connectivity index (χ0) is 12.4. The van der Waals surface area contributed by atoms with Crippen LogP contribution in [0.3, 0.4) is 0 Å². The van der Waals surface area contributed by atoms with Crippen LogP contribution in [0.15, 0.2) is 34.9 Å². The molecule has 1 fully saturated rings. The first-order valence-electron chi connectivity index (χ1n) is 6.25. The fourth-order valence-corrected chi connectivity index (χ4v) is 2.52. The topological polar surface area (TPSA) is 38.1 Å². The lowest BCUT2D eigenvalue weighted by Gasteiger charge is -2.06. The van der Waals surface area contributed by atoms with Gasteiger partial charge in [0.1, 0.15) is 5.76 Å². The molecule has 0 saturated carbocycles. The van der Waals surface area contributed by atoms with Gasteiger partial charge in [-0.3, -0.25) is 0 Å². The molecule has 3 rings (SSSR count). The van der Waals surface area contributed by atoms with Crippen molar-refractivity contribution in [3.8, 4) is 11.5 Å². The molecule has 3 nitrogen and oxygen atoms in total. The number of aromatic nitrogens is 1. The third-order valence-corrected chi connectivity index (χ3v) is 3.47. The summed E-state index contributed by atoms with van der Waals surface area (Å²) in [6, 6.07) is 8.10. The third-order valence-electron chi connectivity index (χ3n) is 3.24. The fourth-order valence-electron chi connectivity index (χ4n) is 2.33. The molecule has 1 aliphatic rings. The minimum absolute atomic E-state index is 0.533. The van der Waals surface area contributed by atoms with Crippen molar-refractivity contribution in [2.45, 2.75) is 25.3 Å². The second-order valence-electron chi connectivity index (χ2n) is 4.64. The summed E-state index contributed by atoms with van der Waals surface area (Å²) < 4.78 is 5.78. The third kappa shape index (κ3) is 2.57. The van der Waals surface area contributed by atoms with E-state index < -0.39 is 0 Å². The van der Waals surface area contributed by atoms with Gasteiger partial charge in [0.15, 0.2) is 0 Å². The zero-order valence-electron chi connectivity index (χ0n) is 10.0. The van der Waals surface area contributed by atoms with Gasteiger partial charge in [-0.25, -0.2) is 4.98 Å². The van der Waals surface area contributed by atoms with Crippen LogP contribution in [-0.2, 0) is 6.42 Å². The summed E-state index contributed by atoms with van der Waals surface area (Å²) >= 11 is 5.96. The van der Waals surface area contributed by atoms with Crippen molar-refractivity contribution in [3.05, 3.63) is 41.2 Å². The van der Waals surface area contributed by atoms with Crippen LogP contribution in [0.2, 0.25) is 5.02 Å². The predicted octanol–water partition coefficient (Wildman–Crippen LogP) is 3.29. The molecule has 2 aromatic rings. The zero-order valence-corrected chi connectivity index (χ0v) is 10.8. The molecule has 0 radical (unpaired) electrons. The maximum absolute atomic E-state index is 5.96. The molecule has 18 heavy (non-hydrogen) atoms. The molecule has 4 heteroatoms. The van der Waals surface area contributed by atoms with Crippen LogP contribution in [-0.4, -0.2) is 17.6 Å². The van der Waals surface area contributed by atoms with Crippen molar-refractivity contribution in [2.24, 2.45) is 0 Å². The van der Waals surface area contributed by atoms with Crippen molar-refractivity contribution < 1.29 is 4.42 Å². The van der Waals surface area contributed by atoms with Crippen molar-refractivity contribution >= 4 is 11.6 Å². The van der Waals surface area contributed by atoms with Gasteiger partial charge in [0.25, 0.3) is 0 Å². The lowest BCUT2D eigenvalue weighted by Crippen LogP contribution is -2.23. The standard InChI is InChI=1S/C14H15ClN2O/c15-11-4-1-3-10(7-11)14-17-9-13(18-14)8-12-5-2-6-16-12/h1,3-4,7,9,12,16H,2,5-6,8H2. The van der Waals surface area contributed by atoms with Crippen molar-refractivity contribution in [3.63, 3.8) is 0 Å². The summed E-state index contributed by atoms with van der Waals surface area (Å²) in [4.78, 5) is 4.32. The Kier molecular flexibility index (Phi) is 3.35. The molecule has 94 valence electrons. The Labute approximate surface area is 111 Å². The summed E-state index contributed by atoms with van der Waals surface area (Å²) in [5.74, 6) is 1.58. The van der Waals surface area contributed by atoms with E-state index in [4.69, 9.17) is 16.0 Å². The highest BCUT2D eigenvalue weighted by Crippen LogP contribution is 2.23. The van der Waals surface area contributed by atoms with Gasteiger partial charge in [0, 0.05) is 23.0 Å². The van der Waals surface area contributed by atoms with E-state index in [-0.39, 0.29) is 0 Å². The number of rotatable bonds is 3. The van der Waals surface area contributed by atoms with Gasteiger partial charge in [-0.2, -0.15) is 0 Å². The Morgan fingerprint density at radius 1 is 1.44 bits per heavy atom. The van der Waals surface area contributed by atoms with Gasteiger partial charge in [0.2, 0.25) is 5.89 Å². The number of hydrogen-bond acceptors (Lipinski definition) is 3. The van der Waals surface area contributed by atoms with E-state index in [1.54, 1.807) is 0 Å². The number of halogens is 1. The first kappa shape index (κ1) is 11.8. The highest BCUT2D eigenvalue weighted by Gasteiger charge is 2.17. The van der Waals surface area contributed by atoms with Crippen molar-refractivity contribution in [2.75, 3.05) is 6.54 Å². The van der Waals surface area contributed by atoms with Gasteiger partial charge >= 0.3 is 0 Å². The number of oxazole rings is 1. The van der Waals surface area contributed by atoms with E-state index in [0.717, 1.165) is 24.3 Å². The van der Waals surface area contributed by atoms with E-state index >= 15 is 0 Å². The Bertz CT molecular complexity index is 532. The van der Waals surface area contributed by atoms with E-state index in [0.29, 0.717) is 17.0 Å². The van der Waals surface area contributed by atoms with Gasteiger partial charge in [-0.15, -0.1) is 0 Å². The maximum Gasteiger partial charge on any atom is 0.226 e. The minimum atomic E-state index is 0.533. The molecular weight excluding hydrogens is 248 g/mol. The number of nitrogens with zero attached hydrogens (tertiary/aromatic N) is 1. The normalized spacial score (nSPS) is 19.3. The van der Waals surface area contributed by atoms with Gasteiger partial charge in [-0.05, 0) is 37.6 Å². The van der Waals surface area contributed by atoms with Crippen molar-refractivity contribution in [1.29, 1.82) is 0 Å². The number of benzene rings is 1. The van der Waals surface area contributed by atoms with Crippen LogP contribution in [0, 0.1) is 0 Å². The van der Waals surface area contributed by atoms with Crippen LogP contribution in [0.4, 0.5) is 0 Å². The number of hydrogen-bond donors (Lipinski definition) is 1. The Morgan fingerprint density at radius 3 is 3.17 bits per heavy atom. The molecule has 0 amide bonds. The van der Waals surface area contributed by atoms with Crippen LogP contribution >= 0.6 is 11.6 Å². The quantitative estimate of drug-likeness (QED) is 0.922. The SMILES string of the molecule is Clc1cccc(-c2ncc(CC3CCCN3)o2)c1. The predicted molar refractivity (Wildman–Crippen MR) is 71.7 cm³/mol. The molecule has 1 aromatic carbocycles. The highest BCUT2D eigenvalue weighted by molar-refractivity contribution is 6.30. The molecule has 1 aromatic heterocycles. The average Bonchev–Trinajstić information content (AvgIpc) is 3.01. The van der Waals surface area contributed by atoms with Crippen LogP contribution in [0.5, 0.6) is 0 Å². The van der Waals surface area contributed by atoms with Crippen molar-refractivity contribution in [1.82, 2.24) is 10.3 Å². The monoisotopic (exact) mass is 262 g/mol. The van der Waals surface area contributed by atoms with Crippen LogP contribution < -0.4 is 5.32 Å². The lowest BCUT2D eigenvalue weighted by atomic mass is 10.1. The first-order chi connectivity index (χ1) is 8.81. The molecule has 1 aliphatic heterocycles. The molecule has 0 bridgehead atoms. The molecule has 1 atom stereocenters. The smallest absolute Gasteiger partial charge is 0.226 e. The van der Waals surface area contributed by atoms with Gasteiger partial charge < -0.3 is 9.73 Å². The number of nitrogens with one attached hydrogen (secondary N) is 1. The molecule has 1 unspecified atom stereocenters. The second kappa shape index (κ2) is 5.12. The summed E-state index contributed by atoms with van der Waals surface area (Å²) in [6.45, 7) is 1.11. The molecule has 0 aliphatic carbocycles. The molecule has 1 N–H and O–H groups in total. The molecular formula is C14H15ClN2O. The van der Waals surface area contributed by atoms with E-state index in [1.807, 2.05) is 30.5 Å². The molecule has 2 heterocycles. The Balaban J connectivity index is 1.76. The van der Waals surface area contributed by atoms with Crippen LogP contribution in [0.25, 0.3) is 11.5 Å². The lowest BCUT2D eigenvalue weighted by molar-refractivity contribution is 0.476. The second-order valence-corrected chi connectivity index (χ2v) is 5.08. The Hall–Kier alpha value is -1.32. The van der Waals surface area contributed by atoms with E-state index in [1.165, 1.54) is 12.8 Å². The Morgan fingerprint density at radius 2 is 2.39 bits per heavy atom.